The Hall–Kier alpha value is -4.23. The standard InChI is InChI=1S/C30H26N2O4S/c1-17-11-10-15-22(18(17)2)32-25(21-14-8-9-16-23(21)36-4)24(27(34)30(32)35)26(33)28-19(3)31-29(37-28)20-12-6-5-7-13-20/h5-16,25,34H,1-4H3. The fourth-order valence-electron chi connectivity index (χ4n) is 4.70. The number of aliphatic hydroxyl groups excluding tert-OH is 1. The Kier molecular flexibility index (Phi) is 6.39. The number of nitrogens with zero attached hydrogens (tertiary/aromatic N) is 2. The van der Waals surface area contributed by atoms with Crippen LogP contribution in [0.2, 0.25) is 0 Å². The van der Waals surface area contributed by atoms with E-state index in [0.29, 0.717) is 32.6 Å². The van der Waals surface area contributed by atoms with Crippen LogP contribution in [-0.2, 0) is 4.79 Å². The number of aryl methyl sites for hydroxylation is 2. The first-order valence-corrected chi connectivity index (χ1v) is 12.7. The van der Waals surface area contributed by atoms with Crippen LogP contribution in [0.25, 0.3) is 10.6 Å². The van der Waals surface area contributed by atoms with Crippen LogP contribution >= 0.6 is 11.3 Å². The monoisotopic (exact) mass is 510 g/mol. The van der Waals surface area contributed by atoms with Gasteiger partial charge >= 0.3 is 0 Å². The number of hydrogen-bond acceptors (Lipinski definition) is 6. The number of benzene rings is 3. The quantitative estimate of drug-likeness (QED) is 0.299. The third-order valence-corrected chi connectivity index (χ3v) is 7.95. The second-order valence-corrected chi connectivity index (χ2v) is 9.93. The maximum atomic E-state index is 14.1. The molecule has 0 saturated heterocycles. The summed E-state index contributed by atoms with van der Waals surface area (Å²) in [5.74, 6) is -1.09. The van der Waals surface area contributed by atoms with Gasteiger partial charge in [0.25, 0.3) is 5.91 Å². The molecule has 0 fully saturated rings. The number of thiazole rings is 1. The fourth-order valence-corrected chi connectivity index (χ4v) is 5.73. The van der Waals surface area contributed by atoms with Crippen molar-refractivity contribution in [2.75, 3.05) is 12.0 Å². The van der Waals surface area contributed by atoms with Gasteiger partial charge in [-0.3, -0.25) is 14.5 Å². The number of aromatic nitrogens is 1. The SMILES string of the molecule is COc1ccccc1C1C(C(=O)c2sc(-c3ccccc3)nc2C)=C(O)C(=O)N1c1cccc(C)c1C. The maximum Gasteiger partial charge on any atom is 0.294 e. The molecular formula is C30H26N2O4S. The van der Waals surface area contributed by atoms with E-state index in [1.165, 1.54) is 16.2 Å². The minimum Gasteiger partial charge on any atom is -0.503 e. The Balaban J connectivity index is 1.69. The normalized spacial score (nSPS) is 15.4. The van der Waals surface area contributed by atoms with Gasteiger partial charge in [-0.05, 0) is 44.0 Å². The summed E-state index contributed by atoms with van der Waals surface area (Å²) in [6.45, 7) is 5.65. The van der Waals surface area contributed by atoms with Crippen LogP contribution in [0, 0.1) is 20.8 Å². The lowest BCUT2D eigenvalue weighted by Crippen LogP contribution is -2.32. The largest absolute Gasteiger partial charge is 0.503 e. The molecule has 1 unspecified atom stereocenters. The first kappa shape index (κ1) is 24.5. The molecule has 0 aliphatic carbocycles. The smallest absolute Gasteiger partial charge is 0.294 e. The molecule has 2 heterocycles. The van der Waals surface area contributed by atoms with Gasteiger partial charge in [-0.2, -0.15) is 0 Å². The van der Waals surface area contributed by atoms with Crippen molar-refractivity contribution in [2.24, 2.45) is 0 Å². The molecule has 0 bridgehead atoms. The summed E-state index contributed by atoms with van der Waals surface area (Å²) in [6.07, 6.45) is 0. The molecule has 37 heavy (non-hydrogen) atoms. The molecule has 1 amide bonds. The number of carbonyl (C=O) groups excluding carboxylic acids is 2. The van der Waals surface area contributed by atoms with Crippen molar-refractivity contribution in [1.82, 2.24) is 4.98 Å². The second-order valence-electron chi connectivity index (χ2n) is 8.93. The lowest BCUT2D eigenvalue weighted by Gasteiger charge is -2.29. The summed E-state index contributed by atoms with van der Waals surface area (Å²) >= 11 is 1.25. The highest BCUT2D eigenvalue weighted by molar-refractivity contribution is 7.17. The maximum absolute atomic E-state index is 14.1. The first-order chi connectivity index (χ1) is 17.8. The number of ketones is 1. The molecule has 1 aliphatic heterocycles. The van der Waals surface area contributed by atoms with Gasteiger partial charge in [-0.15, -0.1) is 11.3 Å². The van der Waals surface area contributed by atoms with Crippen molar-refractivity contribution in [1.29, 1.82) is 0 Å². The van der Waals surface area contributed by atoms with Gasteiger partial charge in [0.05, 0.1) is 29.3 Å². The predicted molar refractivity (Wildman–Crippen MR) is 145 cm³/mol. The van der Waals surface area contributed by atoms with Crippen LogP contribution in [0.4, 0.5) is 5.69 Å². The molecule has 0 spiro atoms. The van der Waals surface area contributed by atoms with Crippen LogP contribution in [0.3, 0.4) is 0 Å². The Morgan fingerprint density at radius 1 is 0.973 bits per heavy atom. The van der Waals surface area contributed by atoms with Crippen LogP contribution in [-0.4, -0.2) is 28.9 Å². The number of rotatable bonds is 6. The highest BCUT2D eigenvalue weighted by atomic mass is 32.1. The average molecular weight is 511 g/mol. The summed E-state index contributed by atoms with van der Waals surface area (Å²) in [4.78, 5) is 34.2. The van der Waals surface area contributed by atoms with Gasteiger partial charge in [0.1, 0.15) is 10.8 Å². The van der Waals surface area contributed by atoms with Crippen LogP contribution in [0.5, 0.6) is 5.75 Å². The van der Waals surface area contributed by atoms with Gasteiger partial charge < -0.3 is 9.84 Å². The van der Waals surface area contributed by atoms with Crippen LogP contribution < -0.4 is 9.64 Å². The number of hydrogen-bond donors (Lipinski definition) is 1. The Labute approximate surface area is 219 Å². The summed E-state index contributed by atoms with van der Waals surface area (Å²) in [7, 11) is 1.54. The molecule has 0 saturated carbocycles. The van der Waals surface area contributed by atoms with Crippen molar-refractivity contribution in [3.63, 3.8) is 0 Å². The van der Waals surface area contributed by atoms with Gasteiger partial charge in [0.15, 0.2) is 5.76 Å². The number of ether oxygens (including phenoxy) is 1. The number of aliphatic hydroxyl groups is 1. The lowest BCUT2D eigenvalue weighted by atomic mass is 9.93. The molecule has 0 radical (unpaired) electrons. The highest BCUT2D eigenvalue weighted by Crippen LogP contribution is 2.46. The molecular weight excluding hydrogens is 484 g/mol. The molecule has 1 atom stereocenters. The third kappa shape index (κ3) is 4.11. The summed E-state index contributed by atoms with van der Waals surface area (Å²) in [6, 6.07) is 21.6. The zero-order valence-electron chi connectivity index (χ0n) is 21.0. The number of carbonyl (C=O) groups is 2. The fraction of sp³-hybridized carbons (Fsp3) is 0.167. The molecule has 5 rings (SSSR count). The van der Waals surface area contributed by atoms with Crippen molar-refractivity contribution < 1.29 is 19.4 Å². The van der Waals surface area contributed by atoms with E-state index in [2.05, 4.69) is 4.98 Å². The van der Waals surface area contributed by atoms with Crippen molar-refractivity contribution >= 4 is 28.7 Å². The topological polar surface area (TPSA) is 79.7 Å². The number of anilines is 1. The van der Waals surface area contributed by atoms with Crippen molar-refractivity contribution in [3.8, 4) is 16.3 Å². The van der Waals surface area contributed by atoms with Gasteiger partial charge in [0, 0.05) is 16.8 Å². The van der Waals surface area contributed by atoms with Crippen molar-refractivity contribution in [2.45, 2.75) is 26.8 Å². The first-order valence-electron chi connectivity index (χ1n) is 11.9. The number of amides is 1. The van der Waals surface area contributed by atoms with Crippen LogP contribution in [0.15, 0.2) is 84.1 Å². The molecule has 1 aromatic heterocycles. The summed E-state index contributed by atoms with van der Waals surface area (Å²) < 4.78 is 5.62. The average Bonchev–Trinajstić information content (AvgIpc) is 3.43. The third-order valence-electron chi connectivity index (χ3n) is 6.75. The predicted octanol–water partition coefficient (Wildman–Crippen LogP) is 6.53. The van der Waals surface area contributed by atoms with E-state index in [0.717, 1.165) is 16.7 Å². The van der Waals surface area contributed by atoms with Crippen LogP contribution in [0.1, 0.15) is 38.1 Å². The Morgan fingerprint density at radius 2 is 1.68 bits per heavy atom. The van der Waals surface area contributed by atoms with Gasteiger partial charge in [0.2, 0.25) is 5.78 Å². The molecule has 4 aromatic rings. The van der Waals surface area contributed by atoms with E-state index < -0.39 is 23.5 Å². The highest BCUT2D eigenvalue weighted by Gasteiger charge is 2.46. The van der Waals surface area contributed by atoms with Gasteiger partial charge in [-0.1, -0.05) is 60.7 Å². The molecule has 6 nitrogen and oxygen atoms in total. The Morgan fingerprint density at radius 3 is 2.41 bits per heavy atom. The van der Waals surface area contributed by atoms with E-state index >= 15 is 0 Å². The van der Waals surface area contributed by atoms with E-state index in [4.69, 9.17) is 4.74 Å². The minimum atomic E-state index is -0.877. The summed E-state index contributed by atoms with van der Waals surface area (Å²) in [5, 5.41) is 11.9. The zero-order chi connectivity index (χ0) is 26.3. The molecule has 7 heteroatoms. The Bertz CT molecular complexity index is 1560. The molecule has 186 valence electrons. The van der Waals surface area contributed by atoms with E-state index in [1.54, 1.807) is 20.1 Å². The van der Waals surface area contributed by atoms with Crippen molar-refractivity contribution in [3.05, 3.63) is 111 Å². The minimum absolute atomic E-state index is 0.0155. The molecule has 1 N–H and O–H groups in total. The number of Topliss-reactive ketones (excluding diaryl/α,β-unsaturated/α-hetero) is 1. The number of para-hydroxylation sites is 1. The second kappa shape index (κ2) is 9.67. The molecule has 3 aromatic carbocycles. The van der Waals surface area contributed by atoms with Gasteiger partial charge in [-0.25, -0.2) is 4.98 Å². The van der Waals surface area contributed by atoms with E-state index in [9.17, 15) is 14.7 Å². The number of methoxy groups -OCH3 is 1. The summed E-state index contributed by atoms with van der Waals surface area (Å²) in [5.41, 5.74) is 4.58. The lowest BCUT2D eigenvalue weighted by molar-refractivity contribution is -0.117. The molecule has 1 aliphatic rings. The van der Waals surface area contributed by atoms with E-state index in [1.807, 2.05) is 80.6 Å². The zero-order valence-corrected chi connectivity index (χ0v) is 21.8. The van der Waals surface area contributed by atoms with E-state index in [-0.39, 0.29) is 5.57 Å².